The first kappa shape index (κ1) is 17.1. The van der Waals surface area contributed by atoms with Gasteiger partial charge in [-0.2, -0.15) is 0 Å². The highest BCUT2D eigenvalue weighted by molar-refractivity contribution is 6.31. The number of benzene rings is 2. The Morgan fingerprint density at radius 1 is 1.24 bits per heavy atom. The number of hydrogen-bond donors (Lipinski definition) is 1. The smallest absolute Gasteiger partial charge is 0.261 e. The van der Waals surface area contributed by atoms with Crippen molar-refractivity contribution >= 4 is 28.4 Å². The molecule has 0 unspecified atom stereocenters. The molecule has 5 nitrogen and oxygen atoms in total. The maximum Gasteiger partial charge on any atom is 0.261 e. The average Bonchev–Trinajstić information content (AvgIpc) is 2.59. The number of nitrogens with one attached hydrogen (secondary N) is 1. The predicted molar refractivity (Wildman–Crippen MR) is 94.1 cm³/mol. The first-order valence-corrected chi connectivity index (χ1v) is 8.07. The molecule has 2 aromatic carbocycles. The first-order chi connectivity index (χ1) is 12.0. The van der Waals surface area contributed by atoms with Gasteiger partial charge in [0.2, 0.25) is 5.91 Å². The van der Waals surface area contributed by atoms with Crippen molar-refractivity contribution < 1.29 is 9.18 Å². The average molecular weight is 360 g/mol. The van der Waals surface area contributed by atoms with Gasteiger partial charge in [-0.25, -0.2) is 9.37 Å². The molecule has 0 fully saturated rings. The topological polar surface area (TPSA) is 64.0 Å². The fourth-order valence-corrected chi connectivity index (χ4v) is 2.66. The zero-order chi connectivity index (χ0) is 17.8. The SMILES string of the molecule is O=C(Cn1cnc2ccc(Cl)cc2c1=O)NCCc1ccccc1F. The summed E-state index contributed by atoms with van der Waals surface area (Å²) in [5.41, 5.74) is 0.712. The van der Waals surface area contributed by atoms with Crippen molar-refractivity contribution in [3.05, 3.63) is 75.5 Å². The van der Waals surface area contributed by atoms with Gasteiger partial charge in [0.05, 0.1) is 17.2 Å². The van der Waals surface area contributed by atoms with E-state index < -0.39 is 0 Å². The number of amides is 1. The molecule has 0 aliphatic rings. The van der Waals surface area contributed by atoms with Crippen LogP contribution in [-0.4, -0.2) is 22.0 Å². The van der Waals surface area contributed by atoms with E-state index in [2.05, 4.69) is 10.3 Å². The lowest BCUT2D eigenvalue weighted by Crippen LogP contribution is -2.33. The van der Waals surface area contributed by atoms with Gasteiger partial charge in [0.25, 0.3) is 5.56 Å². The van der Waals surface area contributed by atoms with Crippen LogP contribution in [0, 0.1) is 5.82 Å². The lowest BCUT2D eigenvalue weighted by molar-refractivity contribution is -0.121. The Kier molecular flexibility index (Phi) is 5.09. The van der Waals surface area contributed by atoms with Crippen LogP contribution in [0.5, 0.6) is 0 Å². The van der Waals surface area contributed by atoms with Crippen molar-refractivity contribution in [1.29, 1.82) is 0 Å². The fourth-order valence-electron chi connectivity index (χ4n) is 2.49. The second-order valence-electron chi connectivity index (χ2n) is 5.53. The van der Waals surface area contributed by atoms with Crippen molar-refractivity contribution in [3.8, 4) is 0 Å². The van der Waals surface area contributed by atoms with Crippen LogP contribution in [0.2, 0.25) is 5.02 Å². The zero-order valence-corrected chi connectivity index (χ0v) is 14.0. The second kappa shape index (κ2) is 7.44. The van der Waals surface area contributed by atoms with E-state index in [1.54, 1.807) is 30.3 Å². The summed E-state index contributed by atoms with van der Waals surface area (Å²) in [4.78, 5) is 28.6. The second-order valence-corrected chi connectivity index (χ2v) is 5.97. The van der Waals surface area contributed by atoms with Crippen molar-refractivity contribution in [2.45, 2.75) is 13.0 Å². The predicted octanol–water partition coefficient (Wildman–Crippen LogP) is 2.55. The van der Waals surface area contributed by atoms with Gasteiger partial charge >= 0.3 is 0 Å². The van der Waals surface area contributed by atoms with Gasteiger partial charge in [0.1, 0.15) is 12.4 Å². The van der Waals surface area contributed by atoms with E-state index in [1.807, 2.05) is 0 Å². The molecule has 0 bridgehead atoms. The molecule has 1 amide bonds. The highest BCUT2D eigenvalue weighted by atomic mass is 35.5. The van der Waals surface area contributed by atoms with Gasteiger partial charge < -0.3 is 5.32 Å². The first-order valence-electron chi connectivity index (χ1n) is 7.69. The van der Waals surface area contributed by atoms with Gasteiger partial charge in [-0.15, -0.1) is 0 Å². The molecule has 1 heterocycles. The minimum Gasteiger partial charge on any atom is -0.354 e. The summed E-state index contributed by atoms with van der Waals surface area (Å²) in [6, 6.07) is 11.2. The largest absolute Gasteiger partial charge is 0.354 e. The van der Waals surface area contributed by atoms with Crippen LogP contribution in [0.3, 0.4) is 0 Å². The van der Waals surface area contributed by atoms with Gasteiger partial charge in [-0.1, -0.05) is 29.8 Å². The third kappa shape index (κ3) is 4.03. The molecular weight excluding hydrogens is 345 g/mol. The maximum absolute atomic E-state index is 13.5. The van der Waals surface area contributed by atoms with E-state index in [4.69, 9.17) is 11.6 Å². The zero-order valence-electron chi connectivity index (χ0n) is 13.2. The molecule has 0 saturated heterocycles. The van der Waals surface area contributed by atoms with E-state index in [1.165, 1.54) is 23.0 Å². The maximum atomic E-state index is 13.5. The Hall–Kier alpha value is -2.73. The third-order valence-electron chi connectivity index (χ3n) is 3.77. The monoisotopic (exact) mass is 359 g/mol. The van der Waals surface area contributed by atoms with Gasteiger partial charge in [0, 0.05) is 11.6 Å². The Morgan fingerprint density at radius 3 is 2.84 bits per heavy atom. The normalized spacial score (nSPS) is 10.8. The summed E-state index contributed by atoms with van der Waals surface area (Å²) < 4.78 is 14.7. The van der Waals surface area contributed by atoms with E-state index in [-0.39, 0.29) is 30.4 Å². The van der Waals surface area contributed by atoms with Gasteiger partial charge in [0.15, 0.2) is 0 Å². The molecule has 0 saturated carbocycles. The standard InChI is InChI=1S/C18H15ClFN3O2/c19-13-5-6-16-14(9-13)18(25)23(11-22-16)10-17(24)21-8-7-12-3-1-2-4-15(12)20/h1-6,9,11H,7-8,10H2,(H,21,24). The van der Waals surface area contributed by atoms with E-state index in [0.29, 0.717) is 27.9 Å². The number of carbonyl (C=O) groups is 1. The molecule has 0 aliphatic heterocycles. The number of aromatic nitrogens is 2. The molecule has 128 valence electrons. The summed E-state index contributed by atoms with van der Waals surface area (Å²) >= 11 is 5.90. The van der Waals surface area contributed by atoms with Crippen LogP contribution in [0.1, 0.15) is 5.56 Å². The fraction of sp³-hybridized carbons (Fsp3) is 0.167. The molecular formula is C18H15ClFN3O2. The summed E-state index contributed by atoms with van der Waals surface area (Å²) in [5, 5.41) is 3.46. The van der Waals surface area contributed by atoms with Crippen molar-refractivity contribution in [3.63, 3.8) is 0 Å². The van der Waals surface area contributed by atoms with E-state index in [0.717, 1.165) is 0 Å². The number of nitrogens with zero attached hydrogens (tertiary/aromatic N) is 2. The lowest BCUT2D eigenvalue weighted by atomic mass is 10.1. The van der Waals surface area contributed by atoms with Gasteiger partial charge in [-0.3, -0.25) is 14.2 Å². The van der Waals surface area contributed by atoms with Crippen molar-refractivity contribution in [1.82, 2.24) is 14.9 Å². The van der Waals surface area contributed by atoms with Crippen molar-refractivity contribution in [2.24, 2.45) is 0 Å². The quantitative estimate of drug-likeness (QED) is 0.761. The summed E-state index contributed by atoms with van der Waals surface area (Å²) in [5.74, 6) is -0.648. The van der Waals surface area contributed by atoms with Crippen LogP contribution >= 0.6 is 11.6 Å². The van der Waals surface area contributed by atoms with E-state index in [9.17, 15) is 14.0 Å². The molecule has 1 N–H and O–H groups in total. The molecule has 7 heteroatoms. The van der Waals surface area contributed by atoms with E-state index >= 15 is 0 Å². The van der Waals surface area contributed by atoms with Crippen molar-refractivity contribution in [2.75, 3.05) is 6.54 Å². The molecule has 3 aromatic rings. The summed E-state index contributed by atoms with van der Waals surface area (Å²) in [6.45, 7) is 0.118. The lowest BCUT2D eigenvalue weighted by Gasteiger charge is -2.08. The summed E-state index contributed by atoms with van der Waals surface area (Å²) in [7, 11) is 0. The van der Waals surface area contributed by atoms with Crippen LogP contribution < -0.4 is 10.9 Å². The van der Waals surface area contributed by atoms with Crippen LogP contribution in [0.15, 0.2) is 53.6 Å². The molecule has 0 atom stereocenters. The number of rotatable bonds is 5. The van der Waals surface area contributed by atoms with Crippen LogP contribution in [0.4, 0.5) is 4.39 Å². The minimum absolute atomic E-state index is 0.161. The Bertz CT molecular complexity index is 987. The molecule has 3 rings (SSSR count). The highest BCUT2D eigenvalue weighted by Crippen LogP contribution is 2.14. The molecule has 0 spiro atoms. The Balaban J connectivity index is 1.65. The highest BCUT2D eigenvalue weighted by Gasteiger charge is 2.09. The van der Waals surface area contributed by atoms with Gasteiger partial charge in [-0.05, 0) is 36.2 Å². The molecule has 25 heavy (non-hydrogen) atoms. The Morgan fingerprint density at radius 2 is 2.04 bits per heavy atom. The van der Waals surface area contributed by atoms with Crippen LogP contribution in [-0.2, 0) is 17.8 Å². The summed E-state index contributed by atoms with van der Waals surface area (Å²) in [6.07, 6.45) is 1.70. The Labute approximate surface area is 148 Å². The molecule has 0 aliphatic carbocycles. The molecule has 0 radical (unpaired) electrons. The van der Waals surface area contributed by atoms with Crippen LogP contribution in [0.25, 0.3) is 10.9 Å². The number of carbonyl (C=O) groups excluding carboxylic acids is 1. The number of fused-ring (bicyclic) bond motifs is 1. The minimum atomic E-state index is -0.346. The number of hydrogen-bond acceptors (Lipinski definition) is 3. The molecule has 1 aromatic heterocycles. The third-order valence-corrected chi connectivity index (χ3v) is 4.01. The number of halogens is 2.